The summed E-state index contributed by atoms with van der Waals surface area (Å²) in [6.07, 6.45) is 0. The lowest BCUT2D eigenvalue weighted by atomic mass is 10.3. The number of methoxy groups -OCH3 is 2. The van der Waals surface area contributed by atoms with E-state index in [9.17, 15) is 18.3 Å². The number of hydrogen-bond acceptors (Lipinski definition) is 6. The molecule has 0 fully saturated rings. The molecular formula is C10H12NO6S-. The molecular weight excluding hydrogens is 262 g/mol. The Labute approximate surface area is 104 Å². The predicted molar refractivity (Wildman–Crippen MR) is 59.7 cm³/mol. The molecule has 7 nitrogen and oxygen atoms in total. The fourth-order valence-electron chi connectivity index (χ4n) is 1.23. The maximum absolute atomic E-state index is 11.8. The van der Waals surface area contributed by atoms with E-state index in [-0.39, 0.29) is 10.6 Å². The maximum Gasteiger partial charge on any atom is 0.244 e. The maximum atomic E-state index is 11.8. The van der Waals surface area contributed by atoms with Crippen LogP contribution in [0.3, 0.4) is 0 Å². The van der Waals surface area contributed by atoms with Crippen LogP contribution in [0.1, 0.15) is 0 Å². The first-order valence-electron chi connectivity index (χ1n) is 4.82. The highest BCUT2D eigenvalue weighted by Crippen LogP contribution is 2.27. The molecule has 0 aromatic heterocycles. The monoisotopic (exact) mass is 274 g/mol. The number of sulfonamides is 1. The highest BCUT2D eigenvalue weighted by Gasteiger charge is 2.20. The number of benzene rings is 1. The van der Waals surface area contributed by atoms with E-state index >= 15 is 0 Å². The molecule has 100 valence electrons. The van der Waals surface area contributed by atoms with Crippen molar-refractivity contribution in [1.29, 1.82) is 0 Å². The van der Waals surface area contributed by atoms with E-state index < -0.39 is 22.5 Å². The van der Waals surface area contributed by atoms with Crippen molar-refractivity contribution >= 4 is 16.0 Å². The standard InChI is InChI=1S/C10H13NO6S/c1-16-7-3-4-8(17-2)9(5-7)18(14,15)11-6-10(12)13/h3-5,11H,6H2,1-2H3,(H,12,13)/p-1. The van der Waals surface area contributed by atoms with E-state index in [2.05, 4.69) is 0 Å². The quantitative estimate of drug-likeness (QED) is 0.693. The molecule has 0 saturated heterocycles. The first-order chi connectivity index (χ1) is 8.40. The van der Waals surface area contributed by atoms with Crippen molar-refractivity contribution < 1.29 is 27.8 Å². The summed E-state index contributed by atoms with van der Waals surface area (Å²) >= 11 is 0. The number of carbonyl (C=O) groups is 1. The summed E-state index contributed by atoms with van der Waals surface area (Å²) in [5.41, 5.74) is 0. The second-order valence-corrected chi connectivity index (χ2v) is 4.95. The van der Waals surface area contributed by atoms with Gasteiger partial charge in [-0.3, -0.25) is 0 Å². The van der Waals surface area contributed by atoms with E-state index in [1.807, 2.05) is 4.72 Å². The highest BCUT2D eigenvalue weighted by molar-refractivity contribution is 7.89. The van der Waals surface area contributed by atoms with Crippen LogP contribution in [0.5, 0.6) is 11.5 Å². The minimum atomic E-state index is -4.01. The van der Waals surface area contributed by atoms with Crippen LogP contribution in [0, 0.1) is 0 Å². The Kier molecular flexibility index (Phi) is 4.51. The molecule has 0 unspecified atom stereocenters. The van der Waals surface area contributed by atoms with Gasteiger partial charge in [-0.05, 0) is 12.1 Å². The van der Waals surface area contributed by atoms with E-state index in [1.165, 1.54) is 32.4 Å². The molecule has 0 aliphatic rings. The number of carbonyl (C=O) groups excluding carboxylic acids is 1. The van der Waals surface area contributed by atoms with E-state index in [0.717, 1.165) is 0 Å². The van der Waals surface area contributed by atoms with Gasteiger partial charge in [-0.25, -0.2) is 13.1 Å². The lowest BCUT2D eigenvalue weighted by Gasteiger charge is -2.12. The van der Waals surface area contributed by atoms with Crippen LogP contribution in [-0.2, 0) is 14.8 Å². The van der Waals surface area contributed by atoms with Crippen molar-refractivity contribution in [3.63, 3.8) is 0 Å². The normalized spacial score (nSPS) is 11.0. The van der Waals surface area contributed by atoms with Crippen LogP contribution in [0.4, 0.5) is 0 Å². The molecule has 8 heteroatoms. The summed E-state index contributed by atoms with van der Waals surface area (Å²) in [6.45, 7) is -0.817. The summed E-state index contributed by atoms with van der Waals surface area (Å²) in [4.78, 5) is 10.1. The molecule has 0 amide bonds. The Balaban J connectivity index is 3.16. The van der Waals surface area contributed by atoms with Gasteiger partial charge < -0.3 is 19.4 Å². The van der Waals surface area contributed by atoms with Crippen LogP contribution in [0.25, 0.3) is 0 Å². The van der Waals surface area contributed by atoms with E-state index in [4.69, 9.17) is 9.47 Å². The summed E-state index contributed by atoms with van der Waals surface area (Å²) < 4.78 is 35.4. The second-order valence-electron chi connectivity index (χ2n) is 3.21. The number of rotatable bonds is 6. The average Bonchev–Trinajstić information content (AvgIpc) is 2.35. The number of nitrogens with one attached hydrogen (secondary N) is 1. The molecule has 1 aromatic carbocycles. The minimum Gasteiger partial charge on any atom is -0.549 e. The largest absolute Gasteiger partial charge is 0.549 e. The molecule has 0 aliphatic heterocycles. The molecule has 0 aliphatic carbocycles. The third kappa shape index (κ3) is 3.34. The third-order valence-corrected chi connectivity index (χ3v) is 3.49. The zero-order valence-electron chi connectivity index (χ0n) is 9.80. The van der Waals surface area contributed by atoms with Crippen LogP contribution < -0.4 is 19.3 Å². The summed E-state index contributed by atoms with van der Waals surface area (Å²) in [6, 6.07) is 4.17. The van der Waals surface area contributed by atoms with Crippen LogP contribution in [0.15, 0.2) is 23.1 Å². The van der Waals surface area contributed by atoms with E-state index in [1.54, 1.807) is 0 Å². The van der Waals surface area contributed by atoms with Gasteiger partial charge >= 0.3 is 0 Å². The number of hydrogen-bond donors (Lipinski definition) is 1. The molecule has 1 rings (SSSR count). The summed E-state index contributed by atoms with van der Waals surface area (Å²) in [7, 11) is -1.32. The van der Waals surface area contributed by atoms with Gasteiger partial charge in [0.1, 0.15) is 16.4 Å². The summed E-state index contributed by atoms with van der Waals surface area (Å²) in [5, 5.41) is 10.3. The fraction of sp³-hybridized carbons (Fsp3) is 0.300. The molecule has 0 bridgehead atoms. The van der Waals surface area contributed by atoms with Crippen LogP contribution >= 0.6 is 0 Å². The molecule has 0 saturated carbocycles. The van der Waals surface area contributed by atoms with Crippen molar-refractivity contribution in [2.24, 2.45) is 0 Å². The average molecular weight is 274 g/mol. The smallest absolute Gasteiger partial charge is 0.244 e. The number of carboxylic acid groups (broad SMARTS) is 1. The van der Waals surface area contributed by atoms with Crippen molar-refractivity contribution in [3.8, 4) is 11.5 Å². The minimum absolute atomic E-state index is 0.0849. The van der Waals surface area contributed by atoms with E-state index in [0.29, 0.717) is 5.75 Å². The Morgan fingerprint density at radius 2 is 2.00 bits per heavy atom. The lowest BCUT2D eigenvalue weighted by Crippen LogP contribution is -2.37. The zero-order valence-corrected chi connectivity index (χ0v) is 10.6. The van der Waals surface area contributed by atoms with Crippen LogP contribution in [-0.4, -0.2) is 35.2 Å². The van der Waals surface area contributed by atoms with Gasteiger partial charge in [-0.1, -0.05) is 0 Å². The molecule has 1 N–H and O–H groups in total. The third-order valence-electron chi connectivity index (χ3n) is 2.07. The zero-order chi connectivity index (χ0) is 13.8. The van der Waals surface area contributed by atoms with Crippen molar-refractivity contribution in [2.75, 3.05) is 20.8 Å². The first-order valence-corrected chi connectivity index (χ1v) is 6.30. The molecule has 0 atom stereocenters. The topological polar surface area (TPSA) is 105 Å². The van der Waals surface area contributed by atoms with Gasteiger partial charge in [0.15, 0.2) is 0 Å². The Morgan fingerprint density at radius 1 is 1.33 bits per heavy atom. The number of aliphatic carboxylic acids is 1. The number of carboxylic acids is 1. The SMILES string of the molecule is COc1ccc(OC)c(S(=O)(=O)NCC(=O)[O-])c1. The predicted octanol–water partition coefficient (Wildman–Crippen LogP) is -1.27. The van der Waals surface area contributed by atoms with Gasteiger partial charge in [0, 0.05) is 6.07 Å². The Morgan fingerprint density at radius 3 is 2.50 bits per heavy atom. The molecule has 0 spiro atoms. The van der Waals surface area contributed by atoms with Gasteiger partial charge in [-0.15, -0.1) is 0 Å². The molecule has 0 heterocycles. The molecule has 1 aromatic rings. The molecule has 18 heavy (non-hydrogen) atoms. The van der Waals surface area contributed by atoms with Crippen molar-refractivity contribution in [1.82, 2.24) is 4.72 Å². The highest BCUT2D eigenvalue weighted by atomic mass is 32.2. The van der Waals surface area contributed by atoms with Gasteiger partial charge in [0.2, 0.25) is 10.0 Å². The van der Waals surface area contributed by atoms with Gasteiger partial charge in [0.05, 0.1) is 26.7 Å². The Hall–Kier alpha value is -1.80. The van der Waals surface area contributed by atoms with Gasteiger partial charge in [0.25, 0.3) is 0 Å². The van der Waals surface area contributed by atoms with Crippen molar-refractivity contribution in [2.45, 2.75) is 4.90 Å². The number of ether oxygens (including phenoxy) is 2. The van der Waals surface area contributed by atoms with Crippen LogP contribution in [0.2, 0.25) is 0 Å². The first kappa shape index (κ1) is 14.3. The fourth-order valence-corrected chi connectivity index (χ4v) is 2.38. The van der Waals surface area contributed by atoms with Gasteiger partial charge in [-0.2, -0.15) is 0 Å². The summed E-state index contributed by atoms with van der Waals surface area (Å²) in [5.74, 6) is -1.13. The molecule has 0 radical (unpaired) electrons. The van der Waals surface area contributed by atoms with Crippen molar-refractivity contribution in [3.05, 3.63) is 18.2 Å². The lowest BCUT2D eigenvalue weighted by molar-refractivity contribution is -0.303. The second kappa shape index (κ2) is 5.69. The Bertz CT molecular complexity index is 539.